The number of nitrogens with one attached hydrogen (secondary N) is 1. The number of thiazole rings is 1. The predicted octanol–water partition coefficient (Wildman–Crippen LogP) is 2.60. The second-order valence-electron chi connectivity index (χ2n) is 4.60. The second-order valence-corrected chi connectivity index (χ2v) is 5.63. The normalized spacial score (nSPS) is 10.8. The first-order valence-corrected chi connectivity index (χ1v) is 7.15. The van der Waals surface area contributed by atoms with Crippen LogP contribution in [0.2, 0.25) is 0 Å². The van der Waals surface area contributed by atoms with Gasteiger partial charge < -0.3 is 4.74 Å². The molecule has 0 bridgehead atoms. The molecule has 0 saturated carbocycles. The summed E-state index contributed by atoms with van der Waals surface area (Å²) < 4.78 is 7.80. The molecule has 3 rings (SSSR count). The van der Waals surface area contributed by atoms with Crippen molar-refractivity contribution in [3.63, 3.8) is 0 Å². The van der Waals surface area contributed by atoms with Gasteiger partial charge in [0.1, 0.15) is 5.75 Å². The van der Waals surface area contributed by atoms with E-state index in [-0.39, 0.29) is 5.91 Å². The van der Waals surface area contributed by atoms with Crippen LogP contribution in [-0.2, 0) is 7.05 Å². The molecule has 3 aromatic rings. The smallest absolute Gasteiger partial charge is 0.277 e. The van der Waals surface area contributed by atoms with Gasteiger partial charge in [-0.3, -0.25) is 14.8 Å². The average molecular weight is 302 g/mol. The number of rotatable bonds is 3. The number of methoxy groups -OCH3 is 1. The van der Waals surface area contributed by atoms with E-state index in [1.165, 1.54) is 11.3 Å². The van der Waals surface area contributed by atoms with Crippen molar-refractivity contribution in [2.45, 2.75) is 6.92 Å². The van der Waals surface area contributed by atoms with E-state index in [4.69, 9.17) is 4.74 Å². The molecule has 1 aromatic carbocycles. The predicted molar refractivity (Wildman–Crippen MR) is 82.1 cm³/mol. The number of anilines is 1. The van der Waals surface area contributed by atoms with Gasteiger partial charge in [0.2, 0.25) is 0 Å². The zero-order chi connectivity index (χ0) is 15.0. The Morgan fingerprint density at radius 2 is 2.19 bits per heavy atom. The van der Waals surface area contributed by atoms with Crippen molar-refractivity contribution >= 4 is 32.6 Å². The molecule has 2 heterocycles. The summed E-state index contributed by atoms with van der Waals surface area (Å²) in [5.74, 6) is 0.508. The minimum absolute atomic E-state index is 0.260. The lowest BCUT2D eigenvalue weighted by atomic mass is 10.3. The molecule has 21 heavy (non-hydrogen) atoms. The van der Waals surface area contributed by atoms with Crippen molar-refractivity contribution in [1.82, 2.24) is 14.8 Å². The molecule has 0 aliphatic rings. The van der Waals surface area contributed by atoms with Gasteiger partial charge in [-0.1, -0.05) is 11.3 Å². The largest absolute Gasteiger partial charge is 0.497 e. The van der Waals surface area contributed by atoms with Gasteiger partial charge in [0.05, 0.1) is 17.3 Å². The summed E-state index contributed by atoms with van der Waals surface area (Å²) in [4.78, 5) is 16.5. The molecule has 0 atom stereocenters. The van der Waals surface area contributed by atoms with E-state index in [1.54, 1.807) is 24.9 Å². The van der Waals surface area contributed by atoms with Crippen LogP contribution in [0.4, 0.5) is 5.13 Å². The molecule has 1 N–H and O–H groups in total. The number of aryl methyl sites for hydroxylation is 2. The van der Waals surface area contributed by atoms with Crippen LogP contribution in [0.3, 0.4) is 0 Å². The highest BCUT2D eigenvalue weighted by molar-refractivity contribution is 7.22. The van der Waals surface area contributed by atoms with Gasteiger partial charge in [0.15, 0.2) is 10.8 Å². The number of fused-ring (bicyclic) bond motifs is 1. The lowest BCUT2D eigenvalue weighted by Gasteiger charge is -1.96. The first-order chi connectivity index (χ1) is 10.1. The van der Waals surface area contributed by atoms with E-state index in [0.29, 0.717) is 10.8 Å². The number of carbonyl (C=O) groups is 1. The molecule has 0 saturated heterocycles. The summed E-state index contributed by atoms with van der Waals surface area (Å²) in [7, 11) is 3.42. The maximum Gasteiger partial charge on any atom is 0.277 e. The summed E-state index contributed by atoms with van der Waals surface area (Å²) in [6.07, 6.45) is 0. The summed E-state index contributed by atoms with van der Waals surface area (Å²) in [6.45, 7) is 1.90. The Hall–Kier alpha value is -2.41. The van der Waals surface area contributed by atoms with Crippen LogP contribution in [0.25, 0.3) is 10.2 Å². The lowest BCUT2D eigenvalue weighted by Crippen LogP contribution is -2.12. The van der Waals surface area contributed by atoms with E-state index in [2.05, 4.69) is 15.4 Å². The molecule has 2 aromatic heterocycles. The highest BCUT2D eigenvalue weighted by Gasteiger charge is 2.13. The van der Waals surface area contributed by atoms with Gasteiger partial charge in [-0.25, -0.2) is 4.98 Å². The Bertz CT molecular complexity index is 802. The van der Waals surface area contributed by atoms with Crippen LogP contribution in [0, 0.1) is 6.92 Å². The van der Waals surface area contributed by atoms with Gasteiger partial charge in [-0.15, -0.1) is 0 Å². The number of nitrogens with zero attached hydrogens (tertiary/aromatic N) is 3. The molecule has 0 fully saturated rings. The molecule has 0 radical (unpaired) electrons. The molecule has 0 aliphatic carbocycles. The van der Waals surface area contributed by atoms with Gasteiger partial charge in [-0.05, 0) is 31.2 Å². The van der Waals surface area contributed by atoms with E-state index in [9.17, 15) is 4.79 Å². The number of hydrogen-bond acceptors (Lipinski definition) is 5. The van der Waals surface area contributed by atoms with Crippen LogP contribution >= 0.6 is 11.3 Å². The number of amides is 1. The maximum absolute atomic E-state index is 12.1. The summed E-state index contributed by atoms with van der Waals surface area (Å²) in [5.41, 5.74) is 2.13. The molecular formula is C14H14N4O2S. The Balaban J connectivity index is 1.85. The fourth-order valence-corrected chi connectivity index (χ4v) is 2.81. The Kier molecular flexibility index (Phi) is 3.34. The first kappa shape index (κ1) is 13.6. The van der Waals surface area contributed by atoms with E-state index < -0.39 is 0 Å². The number of benzene rings is 1. The van der Waals surface area contributed by atoms with E-state index in [1.807, 2.05) is 25.1 Å². The quantitative estimate of drug-likeness (QED) is 0.807. The Morgan fingerprint density at radius 1 is 1.38 bits per heavy atom. The van der Waals surface area contributed by atoms with Crippen molar-refractivity contribution in [1.29, 1.82) is 0 Å². The third kappa shape index (κ3) is 2.59. The molecule has 0 spiro atoms. The fraction of sp³-hybridized carbons (Fsp3) is 0.214. The average Bonchev–Trinajstić information content (AvgIpc) is 3.01. The van der Waals surface area contributed by atoms with Crippen LogP contribution in [0.5, 0.6) is 5.75 Å². The summed E-state index contributed by atoms with van der Waals surface area (Å²) in [5, 5.41) is 7.47. The fourth-order valence-electron chi connectivity index (χ4n) is 1.92. The van der Waals surface area contributed by atoms with Crippen LogP contribution in [-0.4, -0.2) is 27.8 Å². The Labute approximate surface area is 125 Å². The van der Waals surface area contributed by atoms with Gasteiger partial charge in [0, 0.05) is 12.7 Å². The monoisotopic (exact) mass is 302 g/mol. The number of hydrogen-bond donors (Lipinski definition) is 1. The van der Waals surface area contributed by atoms with Crippen molar-refractivity contribution in [2.24, 2.45) is 7.05 Å². The number of aromatic nitrogens is 3. The van der Waals surface area contributed by atoms with Crippen molar-refractivity contribution in [3.05, 3.63) is 35.7 Å². The molecule has 108 valence electrons. The molecule has 6 nitrogen and oxygen atoms in total. The van der Waals surface area contributed by atoms with Crippen LogP contribution in [0.1, 0.15) is 16.2 Å². The lowest BCUT2D eigenvalue weighted by molar-refractivity contribution is 0.102. The molecular weight excluding hydrogens is 288 g/mol. The first-order valence-electron chi connectivity index (χ1n) is 6.33. The highest BCUT2D eigenvalue weighted by atomic mass is 32.1. The van der Waals surface area contributed by atoms with E-state index >= 15 is 0 Å². The zero-order valence-electron chi connectivity index (χ0n) is 11.9. The summed E-state index contributed by atoms with van der Waals surface area (Å²) >= 11 is 1.40. The van der Waals surface area contributed by atoms with Crippen molar-refractivity contribution in [2.75, 3.05) is 12.4 Å². The SMILES string of the molecule is COc1ccc2nc(NC(=O)c3cc(C)n(C)n3)sc2c1. The molecule has 7 heteroatoms. The molecule has 0 aliphatic heterocycles. The number of carbonyl (C=O) groups excluding carboxylic acids is 1. The third-order valence-electron chi connectivity index (χ3n) is 3.16. The van der Waals surface area contributed by atoms with Crippen LogP contribution < -0.4 is 10.1 Å². The molecule has 0 unspecified atom stereocenters. The van der Waals surface area contributed by atoms with Gasteiger partial charge in [0.25, 0.3) is 5.91 Å². The van der Waals surface area contributed by atoms with Crippen molar-refractivity contribution < 1.29 is 9.53 Å². The van der Waals surface area contributed by atoms with Gasteiger partial charge in [-0.2, -0.15) is 5.10 Å². The van der Waals surface area contributed by atoms with Gasteiger partial charge >= 0.3 is 0 Å². The Morgan fingerprint density at radius 3 is 2.86 bits per heavy atom. The summed E-state index contributed by atoms with van der Waals surface area (Å²) in [6, 6.07) is 7.35. The zero-order valence-corrected chi connectivity index (χ0v) is 12.7. The van der Waals surface area contributed by atoms with Crippen molar-refractivity contribution in [3.8, 4) is 5.75 Å². The minimum Gasteiger partial charge on any atom is -0.497 e. The third-order valence-corrected chi connectivity index (χ3v) is 4.10. The van der Waals surface area contributed by atoms with Crippen LogP contribution in [0.15, 0.2) is 24.3 Å². The molecule has 1 amide bonds. The minimum atomic E-state index is -0.260. The standard InChI is InChI=1S/C14H14N4O2S/c1-8-6-11(17-18(8)2)13(19)16-14-15-10-5-4-9(20-3)7-12(10)21-14/h4-7H,1-3H3,(H,15,16,19). The highest BCUT2D eigenvalue weighted by Crippen LogP contribution is 2.29. The topological polar surface area (TPSA) is 69.0 Å². The number of ether oxygens (including phenoxy) is 1. The maximum atomic E-state index is 12.1. The second kappa shape index (κ2) is 5.17. The van der Waals surface area contributed by atoms with E-state index in [0.717, 1.165) is 21.7 Å².